The number of rotatable bonds is 5. The van der Waals surface area contributed by atoms with Crippen LogP contribution >= 0.6 is 0 Å². The Morgan fingerprint density at radius 3 is 2.81 bits per heavy atom. The van der Waals surface area contributed by atoms with Crippen molar-refractivity contribution in [2.24, 2.45) is 0 Å². The van der Waals surface area contributed by atoms with E-state index in [2.05, 4.69) is 11.4 Å². The first kappa shape index (κ1) is 12.5. The Morgan fingerprint density at radius 2 is 2.25 bits per heavy atom. The van der Waals surface area contributed by atoms with E-state index >= 15 is 0 Å². The van der Waals surface area contributed by atoms with E-state index in [0.717, 1.165) is 24.1 Å². The Bertz CT molecular complexity index is 397. The van der Waals surface area contributed by atoms with Gasteiger partial charge in [-0.15, -0.1) is 0 Å². The first-order chi connectivity index (χ1) is 7.65. The van der Waals surface area contributed by atoms with Crippen LogP contribution in [0, 0.1) is 6.92 Å². The van der Waals surface area contributed by atoms with Gasteiger partial charge in [-0.25, -0.2) is 4.79 Å². The van der Waals surface area contributed by atoms with Gasteiger partial charge < -0.3 is 10.4 Å². The topological polar surface area (TPSA) is 49.3 Å². The zero-order valence-electron chi connectivity index (χ0n) is 9.66. The maximum atomic E-state index is 10.8. The van der Waals surface area contributed by atoms with Crippen molar-refractivity contribution in [2.75, 3.05) is 13.6 Å². The van der Waals surface area contributed by atoms with Crippen LogP contribution in [0.1, 0.15) is 27.9 Å². The SMILES string of the molecule is CNCCC=Cc1ccc(C(=O)O)c(C)c1. The quantitative estimate of drug-likeness (QED) is 0.747. The minimum atomic E-state index is -0.872. The summed E-state index contributed by atoms with van der Waals surface area (Å²) in [6.07, 6.45) is 5.05. The molecule has 3 nitrogen and oxygen atoms in total. The summed E-state index contributed by atoms with van der Waals surface area (Å²) in [6.45, 7) is 2.76. The van der Waals surface area contributed by atoms with E-state index in [0.29, 0.717) is 5.56 Å². The monoisotopic (exact) mass is 219 g/mol. The van der Waals surface area contributed by atoms with Crippen molar-refractivity contribution in [3.05, 3.63) is 41.0 Å². The van der Waals surface area contributed by atoms with E-state index in [9.17, 15) is 4.79 Å². The predicted molar refractivity (Wildman–Crippen MR) is 65.7 cm³/mol. The van der Waals surface area contributed by atoms with Crippen LogP contribution < -0.4 is 5.32 Å². The average Bonchev–Trinajstić information content (AvgIpc) is 2.24. The number of aromatic carboxylic acids is 1. The maximum Gasteiger partial charge on any atom is 0.335 e. The van der Waals surface area contributed by atoms with Crippen molar-refractivity contribution in [1.82, 2.24) is 5.32 Å². The molecule has 0 bridgehead atoms. The fraction of sp³-hybridized carbons (Fsp3) is 0.308. The van der Waals surface area contributed by atoms with E-state index in [-0.39, 0.29) is 0 Å². The van der Waals surface area contributed by atoms with Crippen molar-refractivity contribution >= 4 is 12.0 Å². The zero-order chi connectivity index (χ0) is 12.0. The number of carboxylic acid groups (broad SMARTS) is 1. The number of benzene rings is 1. The molecular weight excluding hydrogens is 202 g/mol. The largest absolute Gasteiger partial charge is 0.478 e. The molecule has 1 aromatic rings. The second kappa shape index (κ2) is 6.08. The van der Waals surface area contributed by atoms with Crippen LogP contribution in [0.2, 0.25) is 0 Å². The standard InChI is InChI=1S/C13H17NO2/c1-10-9-11(5-3-4-8-14-2)6-7-12(10)13(15)16/h3,5-7,9,14H,4,8H2,1-2H3,(H,15,16). The third-order valence-electron chi connectivity index (χ3n) is 2.35. The van der Waals surface area contributed by atoms with Gasteiger partial charge in [0, 0.05) is 0 Å². The van der Waals surface area contributed by atoms with Gasteiger partial charge in [0.1, 0.15) is 0 Å². The number of hydrogen-bond donors (Lipinski definition) is 2. The van der Waals surface area contributed by atoms with Gasteiger partial charge in [-0.1, -0.05) is 24.3 Å². The van der Waals surface area contributed by atoms with Gasteiger partial charge in [0.25, 0.3) is 0 Å². The fourth-order valence-corrected chi connectivity index (χ4v) is 1.48. The van der Waals surface area contributed by atoms with Gasteiger partial charge in [-0.05, 0) is 44.1 Å². The minimum absolute atomic E-state index is 0.368. The normalized spacial score (nSPS) is 10.9. The molecule has 2 N–H and O–H groups in total. The highest BCUT2D eigenvalue weighted by atomic mass is 16.4. The van der Waals surface area contributed by atoms with Crippen LogP contribution in [0.3, 0.4) is 0 Å². The van der Waals surface area contributed by atoms with E-state index in [4.69, 9.17) is 5.11 Å². The molecule has 0 aliphatic rings. The molecule has 0 saturated heterocycles. The van der Waals surface area contributed by atoms with Crippen LogP contribution in [-0.2, 0) is 0 Å². The molecule has 0 saturated carbocycles. The molecule has 0 aliphatic heterocycles. The molecular formula is C13H17NO2. The lowest BCUT2D eigenvalue weighted by molar-refractivity contribution is 0.0696. The van der Waals surface area contributed by atoms with Gasteiger partial charge in [-0.2, -0.15) is 0 Å². The van der Waals surface area contributed by atoms with Crippen molar-refractivity contribution in [3.63, 3.8) is 0 Å². The van der Waals surface area contributed by atoms with Gasteiger partial charge in [0.2, 0.25) is 0 Å². The fourth-order valence-electron chi connectivity index (χ4n) is 1.48. The smallest absolute Gasteiger partial charge is 0.335 e. The Labute approximate surface area is 95.8 Å². The van der Waals surface area contributed by atoms with Gasteiger partial charge in [0.15, 0.2) is 0 Å². The molecule has 0 aromatic heterocycles. The van der Waals surface area contributed by atoms with Crippen molar-refractivity contribution < 1.29 is 9.90 Å². The highest BCUT2D eigenvalue weighted by molar-refractivity contribution is 5.89. The molecule has 86 valence electrons. The molecule has 16 heavy (non-hydrogen) atoms. The third kappa shape index (κ3) is 3.51. The Balaban J connectivity index is 2.73. The minimum Gasteiger partial charge on any atom is -0.478 e. The number of hydrogen-bond acceptors (Lipinski definition) is 2. The maximum absolute atomic E-state index is 10.8. The molecule has 0 unspecified atom stereocenters. The third-order valence-corrected chi connectivity index (χ3v) is 2.35. The number of carbonyl (C=O) groups is 1. The second-order valence-electron chi connectivity index (χ2n) is 3.67. The summed E-state index contributed by atoms with van der Waals surface area (Å²) >= 11 is 0. The number of nitrogens with one attached hydrogen (secondary N) is 1. The van der Waals surface area contributed by atoms with Gasteiger partial charge in [0.05, 0.1) is 5.56 Å². The van der Waals surface area contributed by atoms with Crippen molar-refractivity contribution in [3.8, 4) is 0 Å². The lowest BCUT2D eigenvalue weighted by Gasteiger charge is -2.01. The molecule has 0 heterocycles. The van der Waals surface area contributed by atoms with Crippen molar-refractivity contribution in [1.29, 1.82) is 0 Å². The first-order valence-corrected chi connectivity index (χ1v) is 5.30. The van der Waals surface area contributed by atoms with Crippen LogP contribution in [0.15, 0.2) is 24.3 Å². The van der Waals surface area contributed by atoms with Gasteiger partial charge in [-0.3, -0.25) is 0 Å². The molecule has 3 heteroatoms. The molecule has 0 radical (unpaired) electrons. The summed E-state index contributed by atoms with van der Waals surface area (Å²) in [7, 11) is 1.92. The predicted octanol–water partition coefficient (Wildman–Crippen LogP) is 2.32. The molecule has 1 aromatic carbocycles. The van der Waals surface area contributed by atoms with Crippen LogP contribution in [0.4, 0.5) is 0 Å². The van der Waals surface area contributed by atoms with Crippen LogP contribution in [0.25, 0.3) is 6.08 Å². The average molecular weight is 219 g/mol. The van der Waals surface area contributed by atoms with E-state index in [1.165, 1.54) is 0 Å². The molecule has 0 fully saturated rings. The Hall–Kier alpha value is -1.61. The molecule has 0 spiro atoms. The zero-order valence-corrected chi connectivity index (χ0v) is 9.66. The molecule has 0 atom stereocenters. The summed E-state index contributed by atoms with van der Waals surface area (Å²) in [6, 6.07) is 5.36. The summed E-state index contributed by atoms with van der Waals surface area (Å²) in [5.74, 6) is -0.872. The summed E-state index contributed by atoms with van der Waals surface area (Å²) in [4.78, 5) is 10.8. The highest BCUT2D eigenvalue weighted by Crippen LogP contribution is 2.12. The van der Waals surface area contributed by atoms with Gasteiger partial charge >= 0.3 is 5.97 Å². The Kier molecular flexibility index (Phi) is 4.73. The van der Waals surface area contributed by atoms with Crippen LogP contribution in [0.5, 0.6) is 0 Å². The number of carboxylic acids is 1. The van der Waals surface area contributed by atoms with Crippen molar-refractivity contribution in [2.45, 2.75) is 13.3 Å². The molecule has 0 aliphatic carbocycles. The highest BCUT2D eigenvalue weighted by Gasteiger charge is 2.05. The lowest BCUT2D eigenvalue weighted by atomic mass is 10.0. The Morgan fingerprint density at radius 1 is 1.50 bits per heavy atom. The molecule has 0 amide bonds. The molecule has 1 rings (SSSR count). The summed E-state index contributed by atoms with van der Waals surface area (Å²) in [5.41, 5.74) is 2.20. The summed E-state index contributed by atoms with van der Waals surface area (Å²) in [5, 5.41) is 11.9. The lowest BCUT2D eigenvalue weighted by Crippen LogP contribution is -2.05. The number of aryl methyl sites for hydroxylation is 1. The van der Waals surface area contributed by atoms with E-state index in [1.54, 1.807) is 6.07 Å². The summed E-state index contributed by atoms with van der Waals surface area (Å²) < 4.78 is 0. The first-order valence-electron chi connectivity index (χ1n) is 5.30. The van der Waals surface area contributed by atoms with Crippen LogP contribution in [-0.4, -0.2) is 24.7 Å². The second-order valence-corrected chi connectivity index (χ2v) is 3.67. The van der Waals surface area contributed by atoms with E-state index < -0.39 is 5.97 Å². The van der Waals surface area contributed by atoms with E-state index in [1.807, 2.05) is 32.2 Å².